The zero-order valence-electron chi connectivity index (χ0n) is 10.2. The van der Waals surface area contributed by atoms with Crippen LogP contribution in [0.5, 0.6) is 0 Å². The average molecular weight is 258 g/mol. The summed E-state index contributed by atoms with van der Waals surface area (Å²) in [5.74, 6) is 0. The van der Waals surface area contributed by atoms with E-state index < -0.39 is 4.92 Å². The Morgan fingerprint density at radius 1 is 1.16 bits per heavy atom. The van der Waals surface area contributed by atoms with Crippen LogP contribution >= 0.6 is 0 Å². The van der Waals surface area contributed by atoms with Crippen molar-refractivity contribution >= 4 is 22.7 Å². The zero-order valence-corrected chi connectivity index (χ0v) is 10.2. The Hall–Kier alpha value is -2.76. The number of nitrogens with zero attached hydrogens (tertiary/aromatic N) is 1. The molecule has 19 heavy (non-hydrogen) atoms. The molecule has 2 rings (SSSR count). The molecule has 6 nitrogen and oxygen atoms in total. The highest BCUT2D eigenvalue weighted by Gasteiger charge is 2.06. The number of nitrogen functional groups attached to an aromatic ring is 2. The van der Waals surface area contributed by atoms with Gasteiger partial charge in [0.2, 0.25) is 0 Å². The Morgan fingerprint density at radius 3 is 2.68 bits per heavy atom. The van der Waals surface area contributed by atoms with Gasteiger partial charge in [0.1, 0.15) is 0 Å². The number of nitrogens with two attached hydrogens (primary N) is 2. The molecule has 98 valence electrons. The normalized spacial score (nSPS) is 10.1. The topological polar surface area (TPSA) is 107 Å². The van der Waals surface area contributed by atoms with Gasteiger partial charge >= 0.3 is 0 Å². The van der Waals surface area contributed by atoms with Crippen LogP contribution in [-0.2, 0) is 6.54 Å². The first-order chi connectivity index (χ1) is 9.06. The molecule has 0 amide bonds. The van der Waals surface area contributed by atoms with Crippen LogP contribution in [0.25, 0.3) is 0 Å². The summed E-state index contributed by atoms with van der Waals surface area (Å²) in [4.78, 5) is 10.2. The summed E-state index contributed by atoms with van der Waals surface area (Å²) < 4.78 is 0. The Bertz CT molecular complexity index is 613. The SMILES string of the molecule is Nc1ccc(N)c(CNc2cccc([N+](=O)[O-])c2)c1. The first-order valence-electron chi connectivity index (χ1n) is 5.68. The second kappa shape index (κ2) is 5.26. The molecule has 0 fully saturated rings. The lowest BCUT2D eigenvalue weighted by molar-refractivity contribution is -0.384. The molecule has 0 atom stereocenters. The fraction of sp³-hybridized carbons (Fsp3) is 0.0769. The lowest BCUT2D eigenvalue weighted by atomic mass is 10.1. The van der Waals surface area contributed by atoms with Gasteiger partial charge in [-0.1, -0.05) is 6.07 Å². The number of hydrogen-bond acceptors (Lipinski definition) is 5. The van der Waals surface area contributed by atoms with E-state index in [9.17, 15) is 10.1 Å². The van der Waals surface area contributed by atoms with E-state index in [1.54, 1.807) is 30.3 Å². The number of nitrogens with one attached hydrogen (secondary N) is 1. The van der Waals surface area contributed by atoms with Crippen LogP contribution in [0, 0.1) is 10.1 Å². The predicted octanol–water partition coefficient (Wildman–Crippen LogP) is 2.37. The molecule has 0 unspecified atom stereocenters. The summed E-state index contributed by atoms with van der Waals surface area (Å²) in [5, 5.41) is 13.8. The number of non-ortho nitro benzene ring substituents is 1. The van der Waals surface area contributed by atoms with Crippen LogP contribution in [0.1, 0.15) is 5.56 Å². The van der Waals surface area contributed by atoms with Crippen LogP contribution in [0.3, 0.4) is 0 Å². The Labute approximate surface area is 110 Å². The molecule has 0 aliphatic carbocycles. The van der Waals surface area contributed by atoms with Gasteiger partial charge in [-0.05, 0) is 29.8 Å². The molecule has 0 aliphatic rings. The number of hydrogen-bond donors (Lipinski definition) is 3. The minimum atomic E-state index is -0.431. The molecule has 2 aromatic carbocycles. The summed E-state index contributed by atoms with van der Waals surface area (Å²) in [5.41, 5.74) is 14.3. The highest BCUT2D eigenvalue weighted by atomic mass is 16.6. The molecule has 0 aliphatic heterocycles. The number of rotatable bonds is 4. The molecule has 0 bridgehead atoms. The number of anilines is 3. The second-order valence-electron chi connectivity index (χ2n) is 4.12. The van der Waals surface area contributed by atoms with Crippen molar-refractivity contribution in [1.29, 1.82) is 0 Å². The van der Waals surface area contributed by atoms with Crippen molar-refractivity contribution in [3.8, 4) is 0 Å². The summed E-state index contributed by atoms with van der Waals surface area (Å²) in [6, 6.07) is 11.5. The van der Waals surface area contributed by atoms with E-state index in [1.807, 2.05) is 0 Å². The van der Waals surface area contributed by atoms with Gasteiger partial charge < -0.3 is 16.8 Å². The fourth-order valence-electron chi connectivity index (χ4n) is 1.71. The van der Waals surface area contributed by atoms with Gasteiger partial charge in [-0.25, -0.2) is 0 Å². The van der Waals surface area contributed by atoms with Crippen LogP contribution in [0.15, 0.2) is 42.5 Å². The van der Waals surface area contributed by atoms with Crippen LogP contribution in [-0.4, -0.2) is 4.92 Å². The zero-order chi connectivity index (χ0) is 13.8. The van der Waals surface area contributed by atoms with Crippen LogP contribution in [0.4, 0.5) is 22.7 Å². The summed E-state index contributed by atoms with van der Waals surface area (Å²) in [6.45, 7) is 0.456. The van der Waals surface area contributed by atoms with Crippen molar-refractivity contribution in [1.82, 2.24) is 0 Å². The Kier molecular flexibility index (Phi) is 3.51. The van der Waals surface area contributed by atoms with Gasteiger partial charge in [0.25, 0.3) is 5.69 Å². The number of nitro groups is 1. The van der Waals surface area contributed by atoms with E-state index in [1.165, 1.54) is 12.1 Å². The third kappa shape index (κ3) is 3.12. The van der Waals surface area contributed by atoms with Crippen molar-refractivity contribution in [2.45, 2.75) is 6.54 Å². The molecule has 2 aromatic rings. The van der Waals surface area contributed by atoms with Gasteiger partial charge in [0.15, 0.2) is 0 Å². The van der Waals surface area contributed by atoms with Crippen molar-refractivity contribution in [3.05, 3.63) is 58.1 Å². The van der Waals surface area contributed by atoms with Crippen molar-refractivity contribution < 1.29 is 4.92 Å². The third-order valence-electron chi connectivity index (χ3n) is 2.71. The first-order valence-corrected chi connectivity index (χ1v) is 5.68. The highest BCUT2D eigenvalue weighted by Crippen LogP contribution is 2.20. The Balaban J connectivity index is 2.12. The average Bonchev–Trinajstić information content (AvgIpc) is 2.40. The third-order valence-corrected chi connectivity index (χ3v) is 2.71. The van der Waals surface area contributed by atoms with Crippen LogP contribution in [0.2, 0.25) is 0 Å². The van der Waals surface area contributed by atoms with Gasteiger partial charge in [-0.3, -0.25) is 10.1 Å². The molecular formula is C13H14N4O2. The van der Waals surface area contributed by atoms with E-state index in [0.29, 0.717) is 23.6 Å². The molecule has 5 N–H and O–H groups in total. The monoisotopic (exact) mass is 258 g/mol. The van der Waals surface area contributed by atoms with E-state index >= 15 is 0 Å². The lowest BCUT2D eigenvalue weighted by Gasteiger charge is -2.09. The molecule has 0 heterocycles. The lowest BCUT2D eigenvalue weighted by Crippen LogP contribution is -2.04. The van der Waals surface area contributed by atoms with Gasteiger partial charge in [-0.2, -0.15) is 0 Å². The number of nitro benzene ring substituents is 1. The maximum Gasteiger partial charge on any atom is 0.271 e. The predicted molar refractivity (Wildman–Crippen MR) is 75.7 cm³/mol. The minimum absolute atomic E-state index is 0.0468. The number of benzene rings is 2. The van der Waals surface area contributed by atoms with Crippen molar-refractivity contribution in [2.75, 3.05) is 16.8 Å². The molecule has 0 aromatic heterocycles. The maximum absolute atomic E-state index is 10.7. The van der Waals surface area contributed by atoms with E-state index in [2.05, 4.69) is 5.32 Å². The summed E-state index contributed by atoms with van der Waals surface area (Å²) in [7, 11) is 0. The molecule has 0 saturated heterocycles. The molecule has 6 heteroatoms. The quantitative estimate of drug-likeness (QED) is 0.443. The smallest absolute Gasteiger partial charge is 0.271 e. The van der Waals surface area contributed by atoms with E-state index in [4.69, 9.17) is 11.5 Å². The molecule has 0 spiro atoms. The largest absolute Gasteiger partial charge is 0.399 e. The van der Waals surface area contributed by atoms with Crippen molar-refractivity contribution in [2.24, 2.45) is 0 Å². The highest BCUT2D eigenvalue weighted by molar-refractivity contribution is 5.57. The maximum atomic E-state index is 10.7. The van der Waals surface area contributed by atoms with Gasteiger partial charge in [0.05, 0.1) is 4.92 Å². The molecular weight excluding hydrogens is 244 g/mol. The van der Waals surface area contributed by atoms with E-state index in [-0.39, 0.29) is 5.69 Å². The van der Waals surface area contributed by atoms with Gasteiger partial charge in [0, 0.05) is 35.7 Å². The van der Waals surface area contributed by atoms with E-state index in [0.717, 1.165) is 5.56 Å². The standard InChI is InChI=1S/C13H14N4O2/c14-10-4-5-13(15)9(6-10)8-16-11-2-1-3-12(7-11)17(18)19/h1-7,16H,8,14-15H2. The van der Waals surface area contributed by atoms with Crippen LogP contribution < -0.4 is 16.8 Å². The van der Waals surface area contributed by atoms with Gasteiger partial charge in [-0.15, -0.1) is 0 Å². The molecule has 0 radical (unpaired) electrons. The second-order valence-corrected chi connectivity index (χ2v) is 4.12. The Morgan fingerprint density at radius 2 is 1.95 bits per heavy atom. The summed E-state index contributed by atoms with van der Waals surface area (Å²) >= 11 is 0. The molecule has 0 saturated carbocycles. The fourth-order valence-corrected chi connectivity index (χ4v) is 1.71. The first kappa shape index (κ1) is 12.7. The summed E-state index contributed by atoms with van der Waals surface area (Å²) in [6.07, 6.45) is 0. The van der Waals surface area contributed by atoms with Crippen molar-refractivity contribution in [3.63, 3.8) is 0 Å². The minimum Gasteiger partial charge on any atom is -0.399 e.